The minimum absolute atomic E-state index is 0.0168. The van der Waals surface area contributed by atoms with Crippen molar-refractivity contribution in [2.24, 2.45) is 23.3 Å². The number of anilines is 1. The molecule has 4 amide bonds. The van der Waals surface area contributed by atoms with Crippen LogP contribution in [0, 0.1) is 18.8 Å². The van der Waals surface area contributed by atoms with Gasteiger partial charge in [-0.05, 0) is 104 Å². The number of aromatic nitrogens is 5. The van der Waals surface area contributed by atoms with Crippen LogP contribution in [0.2, 0.25) is 0 Å². The molecule has 2 aliphatic rings. The molecule has 6 rings (SSSR count). The topological polar surface area (TPSA) is 206 Å². The van der Waals surface area contributed by atoms with Crippen molar-refractivity contribution in [3.63, 3.8) is 0 Å². The number of pyridine rings is 1. The molecule has 4 aromatic rings. The first-order chi connectivity index (χ1) is 23.7. The van der Waals surface area contributed by atoms with Crippen LogP contribution in [0.25, 0.3) is 22.5 Å². The van der Waals surface area contributed by atoms with Gasteiger partial charge in [0, 0.05) is 36.3 Å². The quantitative estimate of drug-likeness (QED) is 0.205. The van der Waals surface area contributed by atoms with Crippen molar-refractivity contribution in [2.45, 2.75) is 45.1 Å². The third-order valence-corrected chi connectivity index (χ3v) is 9.39. The number of aryl methyl sites for hydroxylation is 1. The zero-order valence-corrected chi connectivity index (χ0v) is 27.3. The number of tetrazole rings is 1. The van der Waals surface area contributed by atoms with Crippen molar-refractivity contribution >= 4 is 29.3 Å². The fourth-order valence-corrected chi connectivity index (χ4v) is 6.51. The van der Waals surface area contributed by atoms with Gasteiger partial charge in [0.05, 0.1) is 18.3 Å². The minimum Gasteiger partial charge on any atom is -0.353 e. The van der Waals surface area contributed by atoms with Crippen molar-refractivity contribution in [3.8, 4) is 22.5 Å². The lowest BCUT2D eigenvalue weighted by Gasteiger charge is -2.32. The zero-order chi connectivity index (χ0) is 34.5. The van der Waals surface area contributed by atoms with Crippen molar-refractivity contribution < 1.29 is 19.2 Å². The molecule has 2 aromatic heterocycles. The Morgan fingerprint density at radius 2 is 1.73 bits per heavy atom. The predicted molar refractivity (Wildman–Crippen MR) is 182 cm³/mol. The summed E-state index contributed by atoms with van der Waals surface area (Å²) >= 11 is 0. The van der Waals surface area contributed by atoms with E-state index in [9.17, 15) is 19.2 Å². The number of amides is 4. The number of benzene rings is 2. The molecule has 1 aliphatic carbocycles. The van der Waals surface area contributed by atoms with E-state index in [-0.39, 0.29) is 42.3 Å². The first kappa shape index (κ1) is 33.6. The molecular weight excluding hydrogens is 624 g/mol. The van der Waals surface area contributed by atoms with E-state index in [0.717, 1.165) is 35.1 Å². The molecule has 0 radical (unpaired) electrons. The maximum atomic E-state index is 14.0. The van der Waals surface area contributed by atoms with Crippen LogP contribution in [-0.2, 0) is 20.8 Å². The molecule has 0 unspecified atom stereocenters. The van der Waals surface area contributed by atoms with Crippen LogP contribution < -0.4 is 21.7 Å². The van der Waals surface area contributed by atoms with E-state index < -0.39 is 11.9 Å². The summed E-state index contributed by atoms with van der Waals surface area (Å²) in [4.78, 5) is 59.7. The maximum absolute atomic E-state index is 14.0. The van der Waals surface area contributed by atoms with Gasteiger partial charge in [0.2, 0.25) is 17.6 Å². The number of piperazine rings is 1. The molecule has 0 spiro atoms. The van der Waals surface area contributed by atoms with Gasteiger partial charge in [-0.1, -0.05) is 24.3 Å². The monoisotopic (exact) mass is 664 g/mol. The third kappa shape index (κ3) is 7.55. The molecule has 14 nitrogen and oxygen atoms in total. The summed E-state index contributed by atoms with van der Waals surface area (Å²) in [6.45, 7) is 3.37. The van der Waals surface area contributed by atoms with E-state index in [1.165, 1.54) is 9.80 Å². The summed E-state index contributed by atoms with van der Waals surface area (Å²) in [7, 11) is 0. The van der Waals surface area contributed by atoms with E-state index >= 15 is 0 Å². The van der Waals surface area contributed by atoms with Crippen LogP contribution in [0.15, 0.2) is 60.8 Å². The number of nitrogens with one attached hydrogen (secondary N) is 2. The summed E-state index contributed by atoms with van der Waals surface area (Å²) in [5.74, 6) is -0.711. The highest BCUT2D eigenvalue weighted by molar-refractivity contribution is 6.17. The minimum atomic E-state index is -0.974. The molecule has 1 atom stereocenters. The van der Waals surface area contributed by atoms with Gasteiger partial charge in [-0.3, -0.25) is 24.2 Å². The standard InChI is InChI=1S/C35H40N10O4/c1-21-16-30(35(49)44-15-14-38-31(46)20-44)39-19-28(21)24-6-2-22(3-7-24)17-29(37)34(48)45(33(47)26-8-4-23(18-36)5-9-26)27-12-10-25(11-13-27)32-40-42-43-41-32/h2-3,6-7,10-13,16,19,23,26,29H,4-5,8-9,14-15,17-18,20,36-37H2,1H3,(H,38,46)(H,40,41,42,43)/t23?,26?,29-/m0/s1. The number of imide groups is 1. The second-order valence-electron chi connectivity index (χ2n) is 12.7. The average molecular weight is 665 g/mol. The van der Waals surface area contributed by atoms with Gasteiger partial charge in [0.1, 0.15) is 5.69 Å². The van der Waals surface area contributed by atoms with E-state index in [2.05, 4.69) is 30.9 Å². The average Bonchev–Trinajstić information content (AvgIpc) is 3.67. The number of nitrogens with two attached hydrogens (primary N) is 2. The largest absolute Gasteiger partial charge is 0.353 e. The third-order valence-electron chi connectivity index (χ3n) is 9.39. The number of rotatable bonds is 9. The second-order valence-corrected chi connectivity index (χ2v) is 12.7. The Balaban J connectivity index is 1.16. The lowest BCUT2D eigenvalue weighted by Crippen LogP contribution is -2.50. The van der Waals surface area contributed by atoms with Crippen LogP contribution in [0.3, 0.4) is 0 Å². The van der Waals surface area contributed by atoms with Gasteiger partial charge < -0.3 is 21.7 Å². The lowest BCUT2D eigenvalue weighted by molar-refractivity contribution is -0.130. The first-order valence-electron chi connectivity index (χ1n) is 16.5. The predicted octanol–water partition coefficient (Wildman–Crippen LogP) is 2.00. The Labute approximate surface area is 283 Å². The van der Waals surface area contributed by atoms with Gasteiger partial charge in [-0.25, -0.2) is 4.90 Å². The van der Waals surface area contributed by atoms with Gasteiger partial charge in [0.25, 0.3) is 11.8 Å². The molecule has 6 N–H and O–H groups in total. The number of hydrogen-bond acceptors (Lipinski definition) is 10. The van der Waals surface area contributed by atoms with E-state index in [0.29, 0.717) is 55.5 Å². The highest BCUT2D eigenvalue weighted by Gasteiger charge is 2.35. The number of carbonyl (C=O) groups excluding carboxylic acids is 4. The van der Waals surface area contributed by atoms with Gasteiger partial charge in [-0.15, -0.1) is 10.2 Å². The number of aromatic amines is 1. The Bertz CT molecular complexity index is 1800. The van der Waals surface area contributed by atoms with Crippen LogP contribution in [0.1, 0.15) is 47.3 Å². The Morgan fingerprint density at radius 1 is 1.02 bits per heavy atom. The fourth-order valence-electron chi connectivity index (χ4n) is 6.51. The molecule has 1 saturated carbocycles. The van der Waals surface area contributed by atoms with Crippen LogP contribution >= 0.6 is 0 Å². The van der Waals surface area contributed by atoms with E-state index in [4.69, 9.17) is 11.5 Å². The van der Waals surface area contributed by atoms with Crippen LogP contribution in [0.4, 0.5) is 5.69 Å². The molecule has 49 heavy (non-hydrogen) atoms. The van der Waals surface area contributed by atoms with Crippen molar-refractivity contribution in [2.75, 3.05) is 31.1 Å². The molecule has 254 valence electrons. The smallest absolute Gasteiger partial charge is 0.272 e. The summed E-state index contributed by atoms with van der Waals surface area (Å²) < 4.78 is 0. The molecule has 2 aromatic carbocycles. The SMILES string of the molecule is Cc1cc(C(=O)N2CCNC(=O)C2)ncc1-c1ccc(C[C@H](N)C(=O)N(C(=O)C2CCC(CN)CC2)c2ccc(-c3nn[nH]n3)cc2)cc1. The van der Waals surface area contributed by atoms with Crippen molar-refractivity contribution in [1.82, 2.24) is 35.8 Å². The second kappa shape index (κ2) is 14.8. The summed E-state index contributed by atoms with van der Waals surface area (Å²) in [5.41, 5.74) is 17.2. The van der Waals surface area contributed by atoms with Gasteiger partial charge >= 0.3 is 0 Å². The summed E-state index contributed by atoms with van der Waals surface area (Å²) in [6.07, 6.45) is 4.90. The van der Waals surface area contributed by atoms with E-state index in [1.54, 1.807) is 36.5 Å². The molecule has 3 heterocycles. The first-order valence-corrected chi connectivity index (χ1v) is 16.5. The van der Waals surface area contributed by atoms with Gasteiger partial charge in [-0.2, -0.15) is 5.21 Å². The molecular formula is C35H40N10O4. The van der Waals surface area contributed by atoms with Crippen LogP contribution in [-0.4, -0.2) is 86.4 Å². The van der Waals surface area contributed by atoms with Crippen LogP contribution in [0.5, 0.6) is 0 Å². The number of hydrogen-bond donors (Lipinski definition) is 4. The molecule has 14 heteroatoms. The summed E-state index contributed by atoms with van der Waals surface area (Å²) in [6, 6.07) is 15.3. The number of carbonyl (C=O) groups is 4. The molecule has 0 bridgehead atoms. The van der Waals surface area contributed by atoms with Gasteiger partial charge in [0.15, 0.2) is 0 Å². The lowest BCUT2D eigenvalue weighted by atomic mass is 9.81. The molecule has 2 fully saturated rings. The fraction of sp³-hybridized carbons (Fsp3) is 0.371. The number of nitrogens with zero attached hydrogens (tertiary/aromatic N) is 6. The Hall–Kier alpha value is -5.34. The number of H-pyrrole nitrogens is 1. The van der Waals surface area contributed by atoms with Crippen molar-refractivity contribution in [3.05, 3.63) is 77.6 Å². The van der Waals surface area contributed by atoms with Crippen molar-refractivity contribution in [1.29, 1.82) is 0 Å². The summed E-state index contributed by atoms with van der Waals surface area (Å²) in [5, 5.41) is 16.7. The molecule has 1 saturated heterocycles. The Kier molecular flexibility index (Phi) is 10.2. The highest BCUT2D eigenvalue weighted by atomic mass is 16.2. The normalized spacial score (nSPS) is 18.4. The maximum Gasteiger partial charge on any atom is 0.272 e. The van der Waals surface area contributed by atoms with E-state index in [1.807, 2.05) is 31.2 Å². The Morgan fingerprint density at radius 3 is 2.37 bits per heavy atom. The molecule has 1 aliphatic heterocycles. The highest BCUT2D eigenvalue weighted by Crippen LogP contribution is 2.32. The zero-order valence-electron chi connectivity index (χ0n) is 27.3.